The van der Waals surface area contributed by atoms with E-state index >= 15 is 0 Å². The van der Waals surface area contributed by atoms with Crippen LogP contribution in [-0.4, -0.2) is 44.4 Å². The van der Waals surface area contributed by atoms with Crippen molar-refractivity contribution in [3.63, 3.8) is 0 Å². The first kappa shape index (κ1) is 14.9. The Labute approximate surface area is 111 Å². The number of esters is 1. The molecular weight excluding hydrogens is 280 g/mol. The highest BCUT2D eigenvalue weighted by Gasteiger charge is 2.24. The number of pyridine rings is 1. The molecule has 0 bridgehead atoms. The number of methoxy groups -OCH3 is 1. The minimum absolute atomic E-state index is 0.0141. The van der Waals surface area contributed by atoms with E-state index in [-0.39, 0.29) is 22.9 Å². The van der Waals surface area contributed by atoms with Crippen molar-refractivity contribution in [3.8, 4) is 0 Å². The van der Waals surface area contributed by atoms with Crippen LogP contribution in [0, 0.1) is 0 Å². The van der Waals surface area contributed by atoms with Crippen LogP contribution in [0.25, 0.3) is 0 Å². The van der Waals surface area contributed by atoms with Gasteiger partial charge in [0.2, 0.25) is 10.0 Å². The van der Waals surface area contributed by atoms with E-state index in [2.05, 4.69) is 9.72 Å². The van der Waals surface area contributed by atoms with Gasteiger partial charge in [-0.1, -0.05) is 11.6 Å². The Morgan fingerprint density at radius 1 is 1.56 bits per heavy atom. The monoisotopic (exact) mass is 292 g/mol. The molecule has 0 atom stereocenters. The molecule has 0 saturated carbocycles. The van der Waals surface area contributed by atoms with Crippen LogP contribution in [0.1, 0.15) is 6.42 Å². The first-order chi connectivity index (χ1) is 8.39. The van der Waals surface area contributed by atoms with Crippen molar-refractivity contribution in [1.82, 2.24) is 9.29 Å². The first-order valence-corrected chi connectivity index (χ1v) is 6.84. The summed E-state index contributed by atoms with van der Waals surface area (Å²) in [4.78, 5) is 14.6. The van der Waals surface area contributed by atoms with E-state index in [4.69, 9.17) is 11.6 Å². The molecule has 1 aromatic rings. The maximum atomic E-state index is 12.1. The lowest BCUT2D eigenvalue weighted by atomic mass is 10.4. The second kappa shape index (κ2) is 6.12. The SMILES string of the molecule is COC(=O)CCN(C)S(=O)(=O)c1cnccc1Cl. The van der Waals surface area contributed by atoms with Gasteiger partial charge in [-0.3, -0.25) is 9.78 Å². The fourth-order valence-electron chi connectivity index (χ4n) is 1.19. The molecule has 1 aromatic heterocycles. The van der Waals surface area contributed by atoms with Crippen LogP contribution in [0.3, 0.4) is 0 Å². The van der Waals surface area contributed by atoms with Crippen LogP contribution in [0.5, 0.6) is 0 Å². The number of carbonyl (C=O) groups is 1. The highest BCUT2D eigenvalue weighted by atomic mass is 35.5. The van der Waals surface area contributed by atoms with E-state index in [1.54, 1.807) is 0 Å². The van der Waals surface area contributed by atoms with Crippen molar-refractivity contribution >= 4 is 27.6 Å². The molecule has 0 aromatic carbocycles. The summed E-state index contributed by atoms with van der Waals surface area (Å²) in [6.07, 6.45) is 2.55. The third-order valence-corrected chi connectivity index (χ3v) is 4.61. The molecule has 0 aliphatic carbocycles. The van der Waals surface area contributed by atoms with Crippen LogP contribution in [0.4, 0.5) is 0 Å². The summed E-state index contributed by atoms with van der Waals surface area (Å²) in [6, 6.07) is 1.39. The third-order valence-electron chi connectivity index (χ3n) is 2.28. The van der Waals surface area contributed by atoms with Gasteiger partial charge in [0.1, 0.15) is 4.90 Å². The first-order valence-electron chi connectivity index (χ1n) is 5.02. The zero-order valence-electron chi connectivity index (χ0n) is 9.96. The molecule has 0 aliphatic rings. The number of carbonyl (C=O) groups excluding carboxylic acids is 1. The molecule has 100 valence electrons. The molecule has 0 amide bonds. The summed E-state index contributed by atoms with van der Waals surface area (Å²) >= 11 is 5.81. The maximum Gasteiger partial charge on any atom is 0.306 e. The van der Waals surface area contributed by atoms with Gasteiger partial charge in [0, 0.05) is 26.0 Å². The van der Waals surface area contributed by atoms with Crippen molar-refractivity contribution in [2.24, 2.45) is 0 Å². The molecule has 1 heterocycles. The lowest BCUT2D eigenvalue weighted by Gasteiger charge is -2.16. The van der Waals surface area contributed by atoms with Crippen molar-refractivity contribution in [2.45, 2.75) is 11.3 Å². The van der Waals surface area contributed by atoms with Crippen molar-refractivity contribution < 1.29 is 17.9 Å². The van der Waals surface area contributed by atoms with Gasteiger partial charge in [-0.05, 0) is 6.07 Å². The second-order valence-electron chi connectivity index (χ2n) is 3.46. The van der Waals surface area contributed by atoms with Gasteiger partial charge in [-0.15, -0.1) is 0 Å². The van der Waals surface area contributed by atoms with Crippen molar-refractivity contribution in [3.05, 3.63) is 23.5 Å². The Balaban J connectivity index is 2.87. The molecule has 0 aliphatic heterocycles. The summed E-state index contributed by atoms with van der Waals surface area (Å²) in [5.41, 5.74) is 0. The average Bonchev–Trinajstić information content (AvgIpc) is 2.35. The van der Waals surface area contributed by atoms with E-state index < -0.39 is 16.0 Å². The molecule has 0 radical (unpaired) electrons. The minimum Gasteiger partial charge on any atom is -0.469 e. The fraction of sp³-hybridized carbons (Fsp3) is 0.400. The van der Waals surface area contributed by atoms with Crippen LogP contribution in [0.2, 0.25) is 5.02 Å². The number of rotatable bonds is 5. The molecule has 6 nitrogen and oxygen atoms in total. The lowest BCUT2D eigenvalue weighted by molar-refractivity contribution is -0.140. The summed E-state index contributed by atoms with van der Waals surface area (Å²) in [7, 11) is -1.13. The quantitative estimate of drug-likeness (QED) is 0.754. The van der Waals surface area contributed by atoms with Gasteiger partial charge in [-0.2, -0.15) is 0 Å². The summed E-state index contributed by atoms with van der Waals surface area (Å²) < 4.78 is 29.7. The Morgan fingerprint density at radius 2 is 2.22 bits per heavy atom. The van der Waals surface area contributed by atoms with Crippen molar-refractivity contribution in [2.75, 3.05) is 20.7 Å². The van der Waals surface area contributed by atoms with E-state index in [9.17, 15) is 13.2 Å². The average molecular weight is 293 g/mol. The Hall–Kier alpha value is -1.18. The van der Waals surface area contributed by atoms with Gasteiger partial charge in [0.25, 0.3) is 0 Å². The topological polar surface area (TPSA) is 76.6 Å². The van der Waals surface area contributed by atoms with E-state index in [1.165, 1.54) is 32.6 Å². The van der Waals surface area contributed by atoms with E-state index in [0.717, 1.165) is 4.31 Å². The zero-order chi connectivity index (χ0) is 13.8. The van der Waals surface area contributed by atoms with Crippen LogP contribution in [-0.2, 0) is 19.6 Å². The second-order valence-corrected chi connectivity index (χ2v) is 5.88. The van der Waals surface area contributed by atoms with Crippen molar-refractivity contribution in [1.29, 1.82) is 0 Å². The molecule has 1 rings (SSSR count). The smallest absolute Gasteiger partial charge is 0.306 e. The molecular formula is C10H13ClN2O4S. The van der Waals surface area contributed by atoms with Gasteiger partial charge in [0.15, 0.2) is 0 Å². The van der Waals surface area contributed by atoms with E-state index in [1.807, 2.05) is 0 Å². The zero-order valence-corrected chi connectivity index (χ0v) is 11.5. The maximum absolute atomic E-state index is 12.1. The summed E-state index contributed by atoms with van der Waals surface area (Å²) in [5, 5.41) is 0.0925. The molecule has 0 saturated heterocycles. The number of aromatic nitrogens is 1. The molecule has 8 heteroatoms. The minimum atomic E-state index is -3.74. The molecule has 18 heavy (non-hydrogen) atoms. The van der Waals surface area contributed by atoms with Crippen LogP contribution in [0.15, 0.2) is 23.4 Å². The van der Waals surface area contributed by atoms with Gasteiger partial charge in [0.05, 0.1) is 18.6 Å². The fourth-order valence-corrected chi connectivity index (χ4v) is 2.77. The Morgan fingerprint density at radius 3 is 2.78 bits per heavy atom. The van der Waals surface area contributed by atoms with Gasteiger partial charge >= 0.3 is 5.97 Å². The predicted octanol–water partition coefficient (Wildman–Crippen LogP) is 0.919. The number of hydrogen-bond acceptors (Lipinski definition) is 5. The number of hydrogen-bond donors (Lipinski definition) is 0. The summed E-state index contributed by atoms with van der Waals surface area (Å²) in [6.45, 7) is 0.0141. The molecule has 0 N–H and O–H groups in total. The van der Waals surface area contributed by atoms with E-state index in [0.29, 0.717) is 0 Å². The largest absolute Gasteiger partial charge is 0.469 e. The van der Waals surface area contributed by atoms with Gasteiger partial charge in [-0.25, -0.2) is 12.7 Å². The Kier molecular flexibility index (Phi) is 5.06. The van der Waals surface area contributed by atoms with Crippen LogP contribution < -0.4 is 0 Å². The number of nitrogens with zero attached hydrogens (tertiary/aromatic N) is 2. The molecule has 0 fully saturated rings. The number of sulfonamides is 1. The number of halogens is 1. The van der Waals surface area contributed by atoms with Gasteiger partial charge < -0.3 is 4.74 Å². The molecule has 0 spiro atoms. The predicted molar refractivity (Wildman–Crippen MR) is 65.7 cm³/mol. The lowest BCUT2D eigenvalue weighted by Crippen LogP contribution is -2.29. The standard InChI is InChI=1S/C10H13ClN2O4S/c1-13(6-4-10(14)17-2)18(15,16)9-7-12-5-3-8(9)11/h3,5,7H,4,6H2,1-2H3. The highest BCUT2D eigenvalue weighted by molar-refractivity contribution is 7.89. The number of ether oxygens (including phenoxy) is 1. The third kappa shape index (κ3) is 3.41. The summed E-state index contributed by atoms with van der Waals surface area (Å²) in [5.74, 6) is -0.477. The molecule has 0 unspecified atom stereocenters. The van der Waals surface area contributed by atoms with Crippen LogP contribution >= 0.6 is 11.6 Å². The highest BCUT2D eigenvalue weighted by Crippen LogP contribution is 2.22. The Bertz CT molecular complexity index is 532. The normalized spacial score (nSPS) is 11.6.